The number of carbonyl (C=O) groups excluding carboxylic acids is 3. The number of amides is 3. The minimum absolute atomic E-state index is 0.0746. The van der Waals surface area contributed by atoms with Crippen LogP contribution >= 0.6 is 0 Å². The quantitative estimate of drug-likeness (QED) is 0.111. The van der Waals surface area contributed by atoms with E-state index >= 15 is 4.39 Å². The maximum Gasteiger partial charge on any atom is 0.407 e. The van der Waals surface area contributed by atoms with Crippen molar-refractivity contribution in [2.45, 2.75) is 96.6 Å². The van der Waals surface area contributed by atoms with Gasteiger partial charge >= 0.3 is 6.09 Å². The molecule has 14 heteroatoms. The molecule has 3 amide bonds. The number of halogens is 1. The summed E-state index contributed by atoms with van der Waals surface area (Å²) < 4.78 is 39.0. The number of benzene rings is 2. The van der Waals surface area contributed by atoms with Crippen molar-refractivity contribution in [2.75, 3.05) is 5.32 Å². The van der Waals surface area contributed by atoms with Gasteiger partial charge in [-0.15, -0.1) is 4.72 Å². The Hall–Kier alpha value is -4.79. The zero-order valence-corrected chi connectivity index (χ0v) is 32.0. The van der Waals surface area contributed by atoms with Crippen molar-refractivity contribution in [1.29, 1.82) is 0 Å². The number of hydrogen-bond acceptors (Lipinski definition) is 8. The molecule has 0 aliphatic heterocycles. The zero-order valence-electron chi connectivity index (χ0n) is 31.2. The van der Waals surface area contributed by atoms with Crippen LogP contribution in [0.25, 0.3) is 5.69 Å². The van der Waals surface area contributed by atoms with Gasteiger partial charge in [-0.1, -0.05) is 37.1 Å². The Balaban J connectivity index is 1.49. The Morgan fingerprint density at radius 2 is 1.74 bits per heavy atom. The highest BCUT2D eigenvalue weighted by atomic mass is 32.2. The van der Waals surface area contributed by atoms with Crippen LogP contribution in [-0.4, -0.2) is 47.6 Å². The molecule has 4 aromatic rings. The van der Waals surface area contributed by atoms with Crippen molar-refractivity contribution in [3.05, 3.63) is 106 Å². The maximum absolute atomic E-state index is 15.7. The molecular formula is C39H48FN7O5S. The van der Waals surface area contributed by atoms with E-state index in [9.17, 15) is 18.9 Å². The number of aromatic nitrogens is 3. The summed E-state index contributed by atoms with van der Waals surface area (Å²) in [5.41, 5.74) is 6.86. The molecule has 0 saturated heterocycles. The second-order valence-electron chi connectivity index (χ2n) is 15.4. The van der Waals surface area contributed by atoms with Crippen LogP contribution in [0, 0.1) is 18.7 Å². The number of hydrogen-bond donors (Lipinski definition) is 4. The van der Waals surface area contributed by atoms with Gasteiger partial charge < -0.3 is 25.7 Å². The Kier molecular flexibility index (Phi) is 11.7. The summed E-state index contributed by atoms with van der Waals surface area (Å²) in [5, 5.41) is 10.0. The van der Waals surface area contributed by atoms with E-state index in [0.717, 1.165) is 24.8 Å². The number of carbonyl (C=O) groups is 3. The highest BCUT2D eigenvalue weighted by Gasteiger charge is 2.44. The molecule has 1 aliphatic rings. The molecule has 5 N–H and O–H groups in total. The van der Waals surface area contributed by atoms with Crippen LogP contribution in [0.3, 0.4) is 0 Å². The number of ether oxygens (including phenoxy) is 1. The van der Waals surface area contributed by atoms with Crippen molar-refractivity contribution in [2.24, 2.45) is 11.7 Å². The standard InChI is InChI=1S/C39H48FN7O5S/c1-24-19-33(47(45-24)29-10-8-9-26(20-29)22-43-36(50)52-37(2,3)4)35(49)44-32-21-27(13-15-30(32)40)39(18-17-25-11-12-25,46-53(51)38(5,6)7)28-14-16-31(34(41)48)42-23-28/h8-10,13-16,19-21,23,25,46H,11-12,17-18,22H2,1-7H3,(H2,41,48)(H,43,50)(H,44,49). The Morgan fingerprint density at radius 1 is 1.02 bits per heavy atom. The molecule has 2 unspecified atom stereocenters. The second kappa shape index (κ2) is 15.7. The molecule has 2 aromatic heterocycles. The summed E-state index contributed by atoms with van der Waals surface area (Å²) >= 11 is -1.59. The number of aryl methyl sites for hydroxylation is 1. The monoisotopic (exact) mass is 745 g/mol. The van der Waals surface area contributed by atoms with Crippen molar-refractivity contribution >= 4 is 35.0 Å². The first kappa shape index (κ1) is 39.4. The fourth-order valence-electron chi connectivity index (χ4n) is 5.77. The topological polar surface area (TPSA) is 176 Å². The smallest absolute Gasteiger partial charge is 0.407 e. The first-order valence-electron chi connectivity index (χ1n) is 17.5. The van der Waals surface area contributed by atoms with Crippen LogP contribution in [0.2, 0.25) is 0 Å². The second-order valence-corrected chi connectivity index (χ2v) is 17.4. The number of nitrogens with two attached hydrogens (primary N) is 1. The largest absolute Gasteiger partial charge is 0.598 e. The molecular weight excluding hydrogens is 698 g/mol. The normalized spacial score (nSPS) is 15.0. The van der Waals surface area contributed by atoms with Crippen LogP contribution in [0.15, 0.2) is 66.9 Å². The van der Waals surface area contributed by atoms with Crippen LogP contribution in [0.4, 0.5) is 14.9 Å². The molecule has 53 heavy (non-hydrogen) atoms. The SMILES string of the molecule is Cc1cc(C(=O)Nc2cc(C(CCC3CC3)(N[S+]([O-])C(C)(C)C)c3ccc(C(N)=O)nc3)ccc2F)n(-c2cccc(CNC(=O)OC(C)(C)C)c2)n1. The first-order chi connectivity index (χ1) is 24.8. The molecule has 1 saturated carbocycles. The van der Waals surface area contributed by atoms with E-state index in [-0.39, 0.29) is 23.6 Å². The van der Waals surface area contributed by atoms with Crippen molar-refractivity contribution in [3.63, 3.8) is 0 Å². The number of anilines is 1. The number of pyridine rings is 1. The predicted octanol–water partition coefficient (Wildman–Crippen LogP) is 6.58. The van der Waals surface area contributed by atoms with Crippen molar-refractivity contribution in [3.8, 4) is 5.69 Å². The minimum atomic E-state index is -1.59. The number of alkyl carbamates (subject to hydrolysis) is 1. The molecule has 0 radical (unpaired) electrons. The van der Waals surface area contributed by atoms with E-state index in [2.05, 4.69) is 25.4 Å². The van der Waals surface area contributed by atoms with Gasteiger partial charge in [0.25, 0.3) is 11.8 Å². The summed E-state index contributed by atoms with van der Waals surface area (Å²) in [7, 11) is 0. The number of nitrogens with one attached hydrogen (secondary N) is 3. The molecule has 2 heterocycles. The predicted molar refractivity (Wildman–Crippen MR) is 202 cm³/mol. The third-order valence-electron chi connectivity index (χ3n) is 8.72. The minimum Gasteiger partial charge on any atom is -0.598 e. The van der Waals surface area contributed by atoms with Gasteiger partial charge in [0.2, 0.25) is 0 Å². The molecule has 282 valence electrons. The molecule has 1 aliphatic carbocycles. The van der Waals surface area contributed by atoms with Crippen LogP contribution < -0.4 is 21.1 Å². The summed E-state index contributed by atoms with van der Waals surface area (Å²) in [4.78, 5) is 42.4. The fraction of sp³-hybridized carbons (Fsp3) is 0.410. The van der Waals surface area contributed by atoms with Crippen LogP contribution in [0.5, 0.6) is 0 Å². The Labute approximate surface area is 312 Å². The third kappa shape index (κ3) is 10.0. The molecule has 12 nitrogen and oxygen atoms in total. The van der Waals surface area contributed by atoms with Crippen molar-refractivity contribution in [1.82, 2.24) is 24.8 Å². The van der Waals surface area contributed by atoms with Gasteiger partial charge in [-0.3, -0.25) is 14.6 Å². The summed E-state index contributed by atoms with van der Waals surface area (Å²) in [6.45, 7) is 12.8. The molecule has 2 atom stereocenters. The lowest BCUT2D eigenvalue weighted by Crippen LogP contribution is -2.52. The summed E-state index contributed by atoms with van der Waals surface area (Å²) in [5.74, 6) is -1.47. The van der Waals surface area contributed by atoms with E-state index in [1.165, 1.54) is 23.0 Å². The van der Waals surface area contributed by atoms with Crippen LogP contribution in [-0.2, 0) is 28.2 Å². The molecule has 2 aromatic carbocycles. The van der Waals surface area contributed by atoms with E-state index in [1.54, 1.807) is 70.2 Å². The van der Waals surface area contributed by atoms with Gasteiger partial charge in [-0.05, 0) is 120 Å². The molecule has 1 fully saturated rings. The third-order valence-corrected chi connectivity index (χ3v) is 10.4. The Bertz CT molecular complexity index is 1970. The highest BCUT2D eigenvalue weighted by Crippen LogP contribution is 2.43. The van der Waals surface area contributed by atoms with Crippen LogP contribution in [0.1, 0.15) is 111 Å². The van der Waals surface area contributed by atoms with Gasteiger partial charge in [0.15, 0.2) is 0 Å². The zero-order chi connectivity index (χ0) is 38.7. The summed E-state index contributed by atoms with van der Waals surface area (Å²) in [6.07, 6.45) is 4.41. The molecule has 5 rings (SSSR count). The first-order valence-corrected chi connectivity index (χ1v) is 18.7. The van der Waals surface area contributed by atoms with Crippen molar-refractivity contribution < 1.29 is 28.1 Å². The lowest BCUT2D eigenvalue weighted by atomic mass is 9.80. The fourth-order valence-corrected chi connectivity index (χ4v) is 6.73. The van der Waals surface area contributed by atoms with E-state index in [0.29, 0.717) is 34.8 Å². The average molecular weight is 746 g/mol. The van der Waals surface area contributed by atoms with Gasteiger partial charge in [0, 0.05) is 24.1 Å². The van der Waals surface area contributed by atoms with E-state index < -0.39 is 51.0 Å². The highest BCUT2D eigenvalue weighted by molar-refractivity contribution is 7.90. The number of primary amides is 1. The van der Waals surface area contributed by atoms with Gasteiger partial charge in [-0.25, -0.2) is 13.9 Å². The molecule has 0 spiro atoms. The maximum atomic E-state index is 15.7. The Morgan fingerprint density at radius 3 is 2.36 bits per heavy atom. The number of nitrogens with zero attached hydrogens (tertiary/aromatic N) is 3. The van der Waals surface area contributed by atoms with Gasteiger partial charge in [-0.2, -0.15) is 5.10 Å². The van der Waals surface area contributed by atoms with Gasteiger partial charge in [0.1, 0.15) is 33.1 Å². The summed E-state index contributed by atoms with van der Waals surface area (Å²) in [6, 6.07) is 16.4. The lowest BCUT2D eigenvalue weighted by molar-refractivity contribution is 0.0523. The van der Waals surface area contributed by atoms with E-state index in [1.807, 2.05) is 26.8 Å². The lowest BCUT2D eigenvalue weighted by Gasteiger charge is -2.38. The average Bonchev–Trinajstić information content (AvgIpc) is 3.84. The van der Waals surface area contributed by atoms with Gasteiger partial charge in [0.05, 0.1) is 17.1 Å². The van der Waals surface area contributed by atoms with E-state index in [4.69, 9.17) is 10.5 Å². The molecule has 0 bridgehead atoms. The number of rotatable bonds is 13.